The summed E-state index contributed by atoms with van der Waals surface area (Å²) in [5.41, 5.74) is -0.323. The predicted octanol–water partition coefficient (Wildman–Crippen LogP) is 1.89. The van der Waals surface area contributed by atoms with Crippen molar-refractivity contribution in [3.8, 4) is 11.5 Å². The van der Waals surface area contributed by atoms with E-state index in [-0.39, 0.29) is 18.7 Å². The van der Waals surface area contributed by atoms with Gasteiger partial charge in [-0.2, -0.15) is 0 Å². The molecule has 0 unspecified atom stereocenters. The Morgan fingerprint density at radius 3 is 2.40 bits per heavy atom. The molecule has 0 heterocycles. The molecule has 0 aliphatic carbocycles. The summed E-state index contributed by atoms with van der Waals surface area (Å²) < 4.78 is 50.5. The van der Waals surface area contributed by atoms with Crippen LogP contribution in [0.3, 0.4) is 0 Å². The number of ether oxygens (including phenoxy) is 2. The van der Waals surface area contributed by atoms with Gasteiger partial charge in [0.15, 0.2) is 0 Å². The van der Waals surface area contributed by atoms with Crippen molar-refractivity contribution in [1.29, 1.82) is 0 Å². The van der Waals surface area contributed by atoms with Gasteiger partial charge >= 0.3 is 5.97 Å². The number of halogens is 1. The molecule has 2 aromatic carbocycles. The maximum atomic E-state index is 13.7. The molecule has 7 nitrogen and oxygen atoms in total. The molecular formula is C16H16FNO6S. The third kappa shape index (κ3) is 4.91. The monoisotopic (exact) mass is 369 g/mol. The number of rotatable bonds is 8. The minimum absolute atomic E-state index is 0.00575. The average Bonchev–Trinajstić information content (AvgIpc) is 2.59. The highest BCUT2D eigenvalue weighted by atomic mass is 32.2. The SMILES string of the molecule is COc1ccc(OCCNS(=O)(=O)c2cc(C(=O)O)ccc2F)cc1. The molecule has 2 rings (SSSR count). The minimum atomic E-state index is -4.20. The Labute approximate surface area is 144 Å². The Kier molecular flexibility index (Phi) is 5.94. The number of benzene rings is 2. The lowest BCUT2D eigenvalue weighted by Crippen LogP contribution is -2.29. The number of hydrogen-bond acceptors (Lipinski definition) is 5. The van der Waals surface area contributed by atoms with Crippen molar-refractivity contribution in [2.45, 2.75) is 4.90 Å². The van der Waals surface area contributed by atoms with Crippen molar-refractivity contribution < 1.29 is 32.2 Å². The van der Waals surface area contributed by atoms with Crippen LogP contribution in [0.4, 0.5) is 4.39 Å². The smallest absolute Gasteiger partial charge is 0.335 e. The number of carboxylic acids is 1. The fourth-order valence-corrected chi connectivity index (χ4v) is 3.05. The normalized spacial score (nSPS) is 11.1. The van der Waals surface area contributed by atoms with Crippen LogP contribution in [0.2, 0.25) is 0 Å². The van der Waals surface area contributed by atoms with Gasteiger partial charge in [0.05, 0.1) is 12.7 Å². The lowest BCUT2D eigenvalue weighted by molar-refractivity contribution is 0.0696. The molecular weight excluding hydrogens is 353 g/mol. The maximum Gasteiger partial charge on any atom is 0.335 e. The summed E-state index contributed by atoms with van der Waals surface area (Å²) in [7, 11) is -2.67. The first-order valence-electron chi connectivity index (χ1n) is 7.13. The number of methoxy groups -OCH3 is 1. The van der Waals surface area contributed by atoms with Crippen molar-refractivity contribution in [3.63, 3.8) is 0 Å². The highest BCUT2D eigenvalue weighted by Gasteiger charge is 2.20. The van der Waals surface area contributed by atoms with Gasteiger partial charge in [-0.3, -0.25) is 0 Å². The molecule has 25 heavy (non-hydrogen) atoms. The van der Waals surface area contributed by atoms with E-state index in [4.69, 9.17) is 14.6 Å². The Hall–Kier alpha value is -2.65. The van der Waals surface area contributed by atoms with Crippen molar-refractivity contribution in [2.24, 2.45) is 0 Å². The van der Waals surface area contributed by atoms with Gasteiger partial charge in [-0.15, -0.1) is 0 Å². The molecule has 0 saturated heterocycles. The molecule has 0 amide bonds. The van der Waals surface area contributed by atoms with Crippen LogP contribution < -0.4 is 14.2 Å². The van der Waals surface area contributed by atoms with Crippen LogP contribution in [0.1, 0.15) is 10.4 Å². The molecule has 0 aliphatic rings. The number of carboxylic acid groups (broad SMARTS) is 1. The third-order valence-electron chi connectivity index (χ3n) is 3.19. The van der Waals surface area contributed by atoms with Crippen LogP contribution in [0, 0.1) is 5.82 Å². The van der Waals surface area contributed by atoms with Crippen molar-refractivity contribution in [2.75, 3.05) is 20.3 Å². The Balaban J connectivity index is 1.97. The van der Waals surface area contributed by atoms with E-state index >= 15 is 0 Å². The number of hydrogen-bond donors (Lipinski definition) is 2. The van der Waals surface area contributed by atoms with E-state index in [0.717, 1.165) is 18.2 Å². The highest BCUT2D eigenvalue weighted by Crippen LogP contribution is 2.18. The van der Waals surface area contributed by atoms with Gasteiger partial charge in [0.2, 0.25) is 10.0 Å². The second-order valence-electron chi connectivity index (χ2n) is 4.87. The van der Waals surface area contributed by atoms with Crippen molar-refractivity contribution >= 4 is 16.0 Å². The van der Waals surface area contributed by atoms with Gasteiger partial charge in [0, 0.05) is 6.54 Å². The fraction of sp³-hybridized carbons (Fsp3) is 0.188. The van der Waals surface area contributed by atoms with Crippen LogP contribution in [0.25, 0.3) is 0 Å². The van der Waals surface area contributed by atoms with Crippen LogP contribution >= 0.6 is 0 Å². The first-order chi connectivity index (χ1) is 11.8. The van der Waals surface area contributed by atoms with E-state index in [9.17, 15) is 17.6 Å². The third-order valence-corrected chi connectivity index (χ3v) is 4.67. The molecule has 0 radical (unpaired) electrons. The molecule has 0 aliphatic heterocycles. The molecule has 134 valence electrons. The predicted molar refractivity (Wildman–Crippen MR) is 87.0 cm³/mol. The zero-order chi connectivity index (χ0) is 18.4. The summed E-state index contributed by atoms with van der Waals surface area (Å²) >= 11 is 0. The van der Waals surface area contributed by atoms with Gasteiger partial charge in [-0.05, 0) is 42.5 Å². The molecule has 0 saturated carbocycles. The van der Waals surface area contributed by atoms with Crippen LogP contribution in [-0.4, -0.2) is 39.8 Å². The lowest BCUT2D eigenvalue weighted by Gasteiger charge is -2.10. The molecule has 0 bridgehead atoms. The molecule has 0 atom stereocenters. The van der Waals surface area contributed by atoms with E-state index in [1.54, 1.807) is 24.3 Å². The average molecular weight is 369 g/mol. The van der Waals surface area contributed by atoms with E-state index in [0.29, 0.717) is 11.5 Å². The minimum Gasteiger partial charge on any atom is -0.497 e. The lowest BCUT2D eigenvalue weighted by atomic mass is 10.2. The van der Waals surface area contributed by atoms with Gasteiger partial charge in [0.25, 0.3) is 0 Å². The van der Waals surface area contributed by atoms with E-state index in [1.807, 2.05) is 0 Å². The van der Waals surface area contributed by atoms with Gasteiger partial charge < -0.3 is 14.6 Å². The standard InChI is InChI=1S/C16H16FNO6S/c1-23-12-3-5-13(6-4-12)24-9-8-18-25(21,22)15-10-11(16(19)20)2-7-14(15)17/h2-7,10,18H,8-9H2,1H3,(H,19,20). The van der Waals surface area contributed by atoms with Gasteiger partial charge in [0.1, 0.15) is 28.8 Å². The summed E-state index contributed by atoms with van der Waals surface area (Å²) in [4.78, 5) is 10.2. The summed E-state index contributed by atoms with van der Waals surface area (Å²) in [6, 6.07) is 9.24. The summed E-state index contributed by atoms with van der Waals surface area (Å²) in [6.45, 7) is -0.114. The second kappa shape index (κ2) is 7.95. The highest BCUT2D eigenvalue weighted by molar-refractivity contribution is 7.89. The largest absolute Gasteiger partial charge is 0.497 e. The number of carbonyl (C=O) groups is 1. The van der Waals surface area contributed by atoms with Crippen LogP contribution in [0.15, 0.2) is 47.4 Å². The number of aromatic carboxylic acids is 1. The number of sulfonamides is 1. The fourth-order valence-electron chi connectivity index (χ4n) is 1.94. The first kappa shape index (κ1) is 18.7. The zero-order valence-corrected chi connectivity index (χ0v) is 14.0. The first-order valence-corrected chi connectivity index (χ1v) is 8.61. The second-order valence-corrected chi connectivity index (χ2v) is 6.61. The van der Waals surface area contributed by atoms with E-state index in [1.165, 1.54) is 7.11 Å². The molecule has 0 fully saturated rings. The summed E-state index contributed by atoms with van der Waals surface area (Å²) in [5, 5.41) is 8.88. The van der Waals surface area contributed by atoms with Crippen molar-refractivity contribution in [1.82, 2.24) is 4.72 Å². The van der Waals surface area contributed by atoms with Crippen molar-refractivity contribution in [3.05, 3.63) is 53.8 Å². The Bertz CT molecular complexity index is 851. The topological polar surface area (TPSA) is 102 Å². The molecule has 2 N–H and O–H groups in total. The molecule has 0 spiro atoms. The van der Waals surface area contributed by atoms with E-state index in [2.05, 4.69) is 4.72 Å². The van der Waals surface area contributed by atoms with E-state index < -0.39 is 26.7 Å². The maximum absolute atomic E-state index is 13.7. The molecule has 9 heteroatoms. The van der Waals surface area contributed by atoms with Crippen LogP contribution in [-0.2, 0) is 10.0 Å². The molecule has 2 aromatic rings. The Morgan fingerprint density at radius 2 is 1.80 bits per heavy atom. The van der Waals surface area contributed by atoms with Gasteiger partial charge in [-0.1, -0.05) is 0 Å². The van der Waals surface area contributed by atoms with Gasteiger partial charge in [-0.25, -0.2) is 22.3 Å². The summed E-state index contributed by atoms with van der Waals surface area (Å²) in [6.07, 6.45) is 0. The Morgan fingerprint density at radius 1 is 1.16 bits per heavy atom. The molecule has 0 aromatic heterocycles. The summed E-state index contributed by atoms with van der Waals surface area (Å²) in [5.74, 6) is -1.21. The van der Waals surface area contributed by atoms with Crippen LogP contribution in [0.5, 0.6) is 11.5 Å². The quantitative estimate of drug-likeness (QED) is 0.689. The zero-order valence-electron chi connectivity index (χ0n) is 13.2. The number of nitrogens with one attached hydrogen (secondary N) is 1.